The van der Waals surface area contributed by atoms with Gasteiger partial charge in [0.1, 0.15) is 17.4 Å². The van der Waals surface area contributed by atoms with Gasteiger partial charge in [0.25, 0.3) is 0 Å². The molecule has 0 amide bonds. The molecule has 5 nitrogen and oxygen atoms in total. The number of hydrogen-bond acceptors (Lipinski definition) is 3. The Morgan fingerprint density at radius 3 is 1.80 bits per heavy atom. The fourth-order valence-corrected chi connectivity index (χ4v) is 3.48. The lowest BCUT2D eigenvalue weighted by atomic mass is 10.1. The minimum absolute atomic E-state index is 0.752. The Kier molecular flexibility index (Phi) is 4.62. The monoisotopic (exact) mass is 392 g/mol. The maximum absolute atomic E-state index is 5.59. The minimum Gasteiger partial charge on any atom is -0.496 e. The molecule has 2 heterocycles. The van der Waals surface area contributed by atoms with Crippen LogP contribution in [0.25, 0.3) is 45.3 Å². The molecule has 0 spiro atoms. The van der Waals surface area contributed by atoms with Crippen LogP contribution in [0.3, 0.4) is 0 Å². The summed E-state index contributed by atoms with van der Waals surface area (Å²) in [6.07, 6.45) is 3.84. The zero-order valence-electron chi connectivity index (χ0n) is 16.5. The molecule has 30 heavy (non-hydrogen) atoms. The van der Waals surface area contributed by atoms with E-state index in [-0.39, 0.29) is 0 Å². The van der Waals surface area contributed by atoms with Gasteiger partial charge in [0, 0.05) is 29.1 Å². The topological polar surface area (TPSA) is 66.6 Å². The number of nitrogens with one attached hydrogen (secondary N) is 2. The maximum atomic E-state index is 5.59. The Bertz CT molecular complexity index is 1270. The van der Waals surface area contributed by atoms with E-state index in [0.717, 1.165) is 51.0 Å². The average molecular weight is 392 g/mol. The number of hydrogen-bond donors (Lipinski definition) is 2. The largest absolute Gasteiger partial charge is 0.496 e. The summed E-state index contributed by atoms with van der Waals surface area (Å²) in [7, 11) is 1.67. The number of aromatic amines is 2. The molecule has 0 aliphatic rings. The Labute approximate surface area is 174 Å². The number of benzene rings is 3. The van der Waals surface area contributed by atoms with Crippen molar-refractivity contribution >= 4 is 0 Å². The fourth-order valence-electron chi connectivity index (χ4n) is 3.48. The van der Waals surface area contributed by atoms with E-state index in [9.17, 15) is 0 Å². The van der Waals surface area contributed by atoms with Crippen molar-refractivity contribution in [2.75, 3.05) is 7.11 Å². The van der Waals surface area contributed by atoms with Crippen LogP contribution in [0.2, 0.25) is 0 Å². The molecule has 0 bridgehead atoms. The number of H-pyrrole nitrogens is 2. The van der Waals surface area contributed by atoms with E-state index in [2.05, 4.69) is 9.97 Å². The van der Waals surface area contributed by atoms with Gasteiger partial charge in [-0.3, -0.25) is 0 Å². The Morgan fingerprint density at radius 2 is 1.20 bits per heavy atom. The zero-order chi connectivity index (χ0) is 20.3. The van der Waals surface area contributed by atoms with Gasteiger partial charge in [0.2, 0.25) is 0 Å². The molecule has 5 heteroatoms. The van der Waals surface area contributed by atoms with Gasteiger partial charge in [0.05, 0.1) is 24.1 Å². The van der Waals surface area contributed by atoms with Crippen LogP contribution in [0.15, 0.2) is 91.3 Å². The van der Waals surface area contributed by atoms with Crippen LogP contribution in [0, 0.1) is 0 Å². The maximum Gasteiger partial charge on any atom is 0.141 e. The molecule has 146 valence electrons. The molecular weight excluding hydrogens is 372 g/mol. The summed E-state index contributed by atoms with van der Waals surface area (Å²) >= 11 is 0. The predicted molar refractivity (Wildman–Crippen MR) is 119 cm³/mol. The van der Waals surface area contributed by atoms with Gasteiger partial charge in [-0.2, -0.15) is 0 Å². The van der Waals surface area contributed by atoms with E-state index >= 15 is 0 Å². The second kappa shape index (κ2) is 7.72. The van der Waals surface area contributed by atoms with Crippen molar-refractivity contribution < 1.29 is 4.74 Å². The van der Waals surface area contributed by atoms with Crippen molar-refractivity contribution in [3.8, 4) is 51.0 Å². The molecule has 0 unspecified atom stereocenters. The second-order valence-corrected chi connectivity index (χ2v) is 6.92. The number of methoxy groups -OCH3 is 1. The van der Waals surface area contributed by atoms with E-state index in [0.29, 0.717) is 0 Å². The molecule has 2 aromatic heterocycles. The quantitative estimate of drug-likeness (QED) is 0.397. The van der Waals surface area contributed by atoms with Gasteiger partial charge in [0.15, 0.2) is 0 Å². The van der Waals surface area contributed by atoms with Crippen molar-refractivity contribution in [3.63, 3.8) is 0 Å². The van der Waals surface area contributed by atoms with Crippen LogP contribution < -0.4 is 4.74 Å². The summed E-state index contributed by atoms with van der Waals surface area (Å²) in [5.74, 6) is 2.30. The minimum atomic E-state index is 0.752. The third-order valence-electron chi connectivity index (χ3n) is 5.02. The molecule has 5 rings (SSSR count). The Morgan fingerprint density at radius 1 is 0.633 bits per heavy atom. The van der Waals surface area contributed by atoms with Crippen LogP contribution in [-0.2, 0) is 0 Å². The number of rotatable bonds is 5. The molecule has 3 aromatic carbocycles. The summed E-state index contributed by atoms with van der Waals surface area (Å²) in [6.45, 7) is 0. The smallest absolute Gasteiger partial charge is 0.141 e. The normalized spacial score (nSPS) is 10.8. The number of imidazole rings is 2. The highest BCUT2D eigenvalue weighted by Crippen LogP contribution is 2.33. The molecule has 0 radical (unpaired) electrons. The number of ether oxygens (including phenoxy) is 1. The zero-order valence-corrected chi connectivity index (χ0v) is 16.5. The van der Waals surface area contributed by atoms with Gasteiger partial charge in [-0.05, 0) is 18.2 Å². The van der Waals surface area contributed by atoms with E-state index in [4.69, 9.17) is 14.7 Å². The standard InChI is InChI=1S/C25H20N4O/c1-30-23-13-12-19(24-26-15-21(28-24)17-8-4-2-5-9-17)14-20(23)25-27-16-22(29-25)18-10-6-3-7-11-18/h2-16H,1H3,(H,26,28)(H,27,29). The lowest BCUT2D eigenvalue weighted by molar-refractivity contribution is 0.416. The lowest BCUT2D eigenvalue weighted by Gasteiger charge is -2.08. The van der Waals surface area contributed by atoms with Crippen molar-refractivity contribution in [1.82, 2.24) is 19.9 Å². The first-order chi connectivity index (χ1) is 14.8. The number of aromatic nitrogens is 4. The van der Waals surface area contributed by atoms with Gasteiger partial charge < -0.3 is 14.7 Å². The van der Waals surface area contributed by atoms with Crippen molar-refractivity contribution in [2.45, 2.75) is 0 Å². The van der Waals surface area contributed by atoms with Crippen LogP contribution in [0.1, 0.15) is 0 Å². The molecule has 0 saturated carbocycles. The third kappa shape index (κ3) is 3.37. The molecule has 0 atom stereocenters. The fraction of sp³-hybridized carbons (Fsp3) is 0.0400. The van der Waals surface area contributed by atoms with Crippen molar-refractivity contribution in [3.05, 3.63) is 91.3 Å². The van der Waals surface area contributed by atoms with E-state index < -0.39 is 0 Å². The third-order valence-corrected chi connectivity index (χ3v) is 5.02. The number of nitrogens with zero attached hydrogens (tertiary/aromatic N) is 2. The Balaban J connectivity index is 1.52. The second-order valence-electron chi connectivity index (χ2n) is 6.92. The molecule has 0 aliphatic heterocycles. The first-order valence-electron chi connectivity index (χ1n) is 9.72. The molecule has 0 aliphatic carbocycles. The lowest BCUT2D eigenvalue weighted by Crippen LogP contribution is -1.91. The summed E-state index contributed by atoms with van der Waals surface area (Å²) in [4.78, 5) is 16.1. The van der Waals surface area contributed by atoms with E-state index in [1.807, 2.05) is 91.3 Å². The summed E-state index contributed by atoms with van der Waals surface area (Å²) in [6, 6.07) is 26.2. The van der Waals surface area contributed by atoms with Gasteiger partial charge >= 0.3 is 0 Å². The molecule has 0 saturated heterocycles. The van der Waals surface area contributed by atoms with Crippen molar-refractivity contribution in [2.24, 2.45) is 0 Å². The van der Waals surface area contributed by atoms with Crippen LogP contribution in [0.5, 0.6) is 5.75 Å². The highest BCUT2D eigenvalue weighted by atomic mass is 16.5. The SMILES string of the molecule is COc1ccc(-c2nc(-c3ccccc3)c[nH]2)cc1-c1nc(-c2ccccc2)c[nH]1. The highest BCUT2D eigenvalue weighted by molar-refractivity contribution is 5.75. The Hall–Kier alpha value is -4.12. The predicted octanol–water partition coefficient (Wildman–Crippen LogP) is 5.81. The molecule has 2 N–H and O–H groups in total. The van der Waals surface area contributed by atoms with Gasteiger partial charge in [-0.25, -0.2) is 9.97 Å². The first-order valence-corrected chi connectivity index (χ1v) is 9.72. The van der Waals surface area contributed by atoms with Crippen LogP contribution in [-0.4, -0.2) is 27.0 Å². The van der Waals surface area contributed by atoms with Gasteiger partial charge in [-0.1, -0.05) is 60.7 Å². The van der Waals surface area contributed by atoms with Crippen molar-refractivity contribution in [1.29, 1.82) is 0 Å². The van der Waals surface area contributed by atoms with Crippen LogP contribution in [0.4, 0.5) is 0 Å². The van der Waals surface area contributed by atoms with E-state index in [1.165, 1.54) is 0 Å². The molecule has 0 fully saturated rings. The summed E-state index contributed by atoms with van der Waals surface area (Å²) in [5, 5.41) is 0. The summed E-state index contributed by atoms with van der Waals surface area (Å²) < 4.78 is 5.59. The van der Waals surface area contributed by atoms with Crippen LogP contribution >= 0.6 is 0 Å². The van der Waals surface area contributed by atoms with E-state index in [1.54, 1.807) is 7.11 Å². The molecule has 5 aromatic rings. The van der Waals surface area contributed by atoms with Gasteiger partial charge in [-0.15, -0.1) is 0 Å². The summed E-state index contributed by atoms with van der Waals surface area (Å²) in [5.41, 5.74) is 5.79. The molecular formula is C25H20N4O. The highest BCUT2D eigenvalue weighted by Gasteiger charge is 2.14. The average Bonchev–Trinajstić information content (AvgIpc) is 3.50. The first kappa shape index (κ1) is 17.9.